The summed E-state index contributed by atoms with van der Waals surface area (Å²) in [5, 5.41) is 17.9. The van der Waals surface area contributed by atoms with E-state index in [2.05, 4.69) is 15.3 Å². The molecule has 1 amide bonds. The Morgan fingerprint density at radius 1 is 1.18 bits per heavy atom. The quantitative estimate of drug-likeness (QED) is 0.132. The van der Waals surface area contributed by atoms with Crippen LogP contribution in [0.5, 0.6) is 0 Å². The van der Waals surface area contributed by atoms with Crippen LogP contribution in [0.4, 0.5) is 0 Å². The molecule has 13 heteroatoms. The predicted octanol–water partition coefficient (Wildman–Crippen LogP) is -2.27. The lowest BCUT2D eigenvalue weighted by Gasteiger charge is -2.07. The third-order valence-electron chi connectivity index (χ3n) is 2.90. The zero-order valence-electron chi connectivity index (χ0n) is 16.4. The molecule has 0 aromatic carbocycles. The molecular weight excluding hydrogens is 370 g/mol. The lowest BCUT2D eigenvalue weighted by Crippen LogP contribution is -2.37. The number of hydrogen-bond donors (Lipinski definition) is 7. The normalized spacial score (nSPS) is 11.4. The van der Waals surface area contributed by atoms with E-state index in [1.165, 1.54) is 11.8 Å². The molecule has 11 N–H and O–H groups in total. The number of ketones is 1. The molecule has 0 aliphatic rings. The second kappa shape index (κ2) is 14.9. The van der Waals surface area contributed by atoms with Crippen molar-refractivity contribution in [1.82, 2.24) is 10.2 Å². The minimum atomic E-state index is -1.06. The van der Waals surface area contributed by atoms with Gasteiger partial charge in [0, 0.05) is 33.5 Å². The first-order chi connectivity index (χ1) is 12.9. The monoisotopic (exact) mass is 401 g/mol. The second-order valence-electron chi connectivity index (χ2n) is 5.86. The summed E-state index contributed by atoms with van der Waals surface area (Å²) >= 11 is 0. The number of aliphatic imine (C=N–C) groups is 2. The number of nitrogens with zero attached hydrogens (tertiary/aromatic N) is 3. The van der Waals surface area contributed by atoms with Gasteiger partial charge in [-0.05, 0) is 19.8 Å². The van der Waals surface area contributed by atoms with E-state index in [1.54, 1.807) is 14.1 Å². The fourth-order valence-electron chi connectivity index (χ4n) is 1.39. The van der Waals surface area contributed by atoms with Crippen LogP contribution in [0, 0.1) is 5.41 Å². The Kier molecular flexibility index (Phi) is 14.4. The van der Waals surface area contributed by atoms with Gasteiger partial charge in [-0.1, -0.05) is 0 Å². The van der Waals surface area contributed by atoms with Crippen LogP contribution in [0.1, 0.15) is 32.6 Å². The van der Waals surface area contributed by atoms with Crippen molar-refractivity contribution in [3.05, 3.63) is 0 Å². The van der Waals surface area contributed by atoms with Crippen LogP contribution in [0.15, 0.2) is 9.98 Å². The summed E-state index contributed by atoms with van der Waals surface area (Å²) in [5.41, 5.74) is 20.7. The van der Waals surface area contributed by atoms with Gasteiger partial charge in [-0.25, -0.2) is 0 Å². The van der Waals surface area contributed by atoms with Crippen LogP contribution in [-0.4, -0.2) is 72.2 Å². The van der Waals surface area contributed by atoms with Crippen molar-refractivity contribution >= 4 is 35.5 Å². The first-order valence-corrected chi connectivity index (χ1v) is 8.29. The molecule has 0 rings (SSSR count). The Morgan fingerprint density at radius 2 is 1.75 bits per heavy atom. The molecule has 0 saturated carbocycles. The molecule has 0 aromatic heterocycles. The largest absolute Gasteiger partial charge is 0.480 e. The molecule has 0 fully saturated rings. The van der Waals surface area contributed by atoms with E-state index >= 15 is 0 Å². The van der Waals surface area contributed by atoms with E-state index < -0.39 is 12.0 Å². The highest BCUT2D eigenvalue weighted by molar-refractivity contribution is 5.97. The minimum Gasteiger partial charge on any atom is -0.480 e. The number of hydrogen-bond acceptors (Lipinski definition) is 6. The zero-order valence-corrected chi connectivity index (χ0v) is 16.4. The van der Waals surface area contributed by atoms with Crippen LogP contribution in [-0.2, 0) is 14.4 Å². The molecule has 0 aromatic rings. The van der Waals surface area contributed by atoms with Gasteiger partial charge < -0.3 is 37.7 Å². The van der Waals surface area contributed by atoms with Gasteiger partial charge in [-0.15, -0.1) is 0 Å². The first kappa shape index (κ1) is 27.0. The Balaban J connectivity index is 0. The average molecular weight is 401 g/mol. The Labute approximate surface area is 163 Å². The maximum absolute atomic E-state index is 11.3. The maximum atomic E-state index is 11.3. The number of carboxylic acids is 1. The number of Topliss-reactive ketones (excluding diaryl/α,β-unsaturated/α-hetero) is 1. The van der Waals surface area contributed by atoms with Gasteiger partial charge in [-0.2, -0.15) is 4.99 Å². The number of aliphatic carboxylic acids is 1. The molecule has 1 atom stereocenters. The first-order valence-electron chi connectivity index (χ1n) is 8.29. The van der Waals surface area contributed by atoms with Crippen LogP contribution in [0.2, 0.25) is 0 Å². The Bertz CT molecular complexity index is 598. The number of guanidine groups is 3. The molecular formula is C15H31N9O4. The molecule has 28 heavy (non-hydrogen) atoms. The summed E-state index contributed by atoms with van der Waals surface area (Å²) in [7, 11) is 3.38. The van der Waals surface area contributed by atoms with Gasteiger partial charge in [0.25, 0.3) is 0 Å². The van der Waals surface area contributed by atoms with Crippen molar-refractivity contribution in [2.75, 3.05) is 20.6 Å². The lowest BCUT2D eigenvalue weighted by atomic mass is 10.2. The molecule has 0 saturated heterocycles. The van der Waals surface area contributed by atoms with Crippen molar-refractivity contribution in [1.29, 1.82) is 5.41 Å². The summed E-state index contributed by atoms with van der Waals surface area (Å²) in [6.45, 7) is 1.68. The van der Waals surface area contributed by atoms with E-state index in [-0.39, 0.29) is 55.4 Å². The molecule has 0 aliphatic heterocycles. The number of nitrogens with one attached hydrogen (secondary N) is 2. The number of carbonyl (C=O) groups is 3. The van der Waals surface area contributed by atoms with E-state index in [0.717, 1.165) is 0 Å². The van der Waals surface area contributed by atoms with Crippen molar-refractivity contribution in [3.63, 3.8) is 0 Å². The molecule has 13 nitrogen and oxygen atoms in total. The maximum Gasteiger partial charge on any atom is 0.320 e. The van der Waals surface area contributed by atoms with Crippen LogP contribution in [0.3, 0.4) is 0 Å². The molecule has 1 unspecified atom stereocenters. The van der Waals surface area contributed by atoms with E-state index in [0.29, 0.717) is 6.42 Å². The molecule has 0 spiro atoms. The Hall–Kier alpha value is -3.22. The summed E-state index contributed by atoms with van der Waals surface area (Å²) in [6.07, 6.45) is 0.962. The standard InChI is InChI=1S/C11H20N4O4.C4H11N5/c1-7(16)4-5-9(17)15-11(13)14-6-2-3-8(12)10(18)19;1-9(2)4(7)8-3(5)6/h8H,2-6,12H2,1H3,(H,18,19)(H3,13,14,15,17);1-2H3,(H5,5,6,7,8). The molecule has 160 valence electrons. The zero-order chi connectivity index (χ0) is 22.3. The van der Waals surface area contributed by atoms with Crippen LogP contribution < -0.4 is 28.3 Å². The molecule has 0 bridgehead atoms. The van der Waals surface area contributed by atoms with Crippen molar-refractivity contribution < 1.29 is 19.5 Å². The van der Waals surface area contributed by atoms with Crippen LogP contribution in [0.25, 0.3) is 0 Å². The Morgan fingerprint density at radius 3 is 2.14 bits per heavy atom. The van der Waals surface area contributed by atoms with Crippen LogP contribution >= 0.6 is 0 Å². The third kappa shape index (κ3) is 17.6. The summed E-state index contributed by atoms with van der Waals surface area (Å²) in [4.78, 5) is 41.2. The number of carboxylic acid groups (broad SMARTS) is 1. The number of nitrogens with two attached hydrogens (primary N) is 4. The highest BCUT2D eigenvalue weighted by atomic mass is 16.4. The predicted molar refractivity (Wildman–Crippen MR) is 107 cm³/mol. The fraction of sp³-hybridized carbons (Fsp3) is 0.600. The number of carbonyl (C=O) groups excluding carboxylic acids is 2. The topological polar surface area (TPSA) is 239 Å². The smallest absolute Gasteiger partial charge is 0.320 e. The highest BCUT2D eigenvalue weighted by Crippen LogP contribution is 1.95. The van der Waals surface area contributed by atoms with E-state index in [1.807, 2.05) is 0 Å². The summed E-state index contributed by atoms with van der Waals surface area (Å²) in [5.74, 6) is -1.59. The third-order valence-corrected chi connectivity index (χ3v) is 2.90. The van der Waals surface area contributed by atoms with Gasteiger partial charge in [0.2, 0.25) is 11.9 Å². The minimum absolute atomic E-state index is 0.0440. The number of rotatable bonds is 8. The molecule has 0 aliphatic carbocycles. The van der Waals surface area contributed by atoms with Gasteiger partial charge in [0.05, 0.1) is 0 Å². The molecule has 0 heterocycles. The summed E-state index contributed by atoms with van der Waals surface area (Å²) in [6, 6.07) is -0.915. The lowest BCUT2D eigenvalue weighted by molar-refractivity contribution is -0.138. The van der Waals surface area contributed by atoms with Crippen molar-refractivity contribution in [3.8, 4) is 0 Å². The molecule has 0 radical (unpaired) electrons. The van der Waals surface area contributed by atoms with Gasteiger partial charge in [0.1, 0.15) is 11.8 Å². The second-order valence-corrected chi connectivity index (χ2v) is 5.86. The van der Waals surface area contributed by atoms with Crippen molar-refractivity contribution in [2.24, 2.45) is 32.9 Å². The SMILES string of the molecule is CC(=O)CCC(=O)NC(N)=NCCCC(N)C(=O)O.CN(C)C(=N)N=C(N)N. The van der Waals surface area contributed by atoms with Gasteiger partial charge >= 0.3 is 5.97 Å². The van der Waals surface area contributed by atoms with E-state index in [9.17, 15) is 14.4 Å². The van der Waals surface area contributed by atoms with Crippen molar-refractivity contribution in [2.45, 2.75) is 38.6 Å². The number of amides is 1. The van der Waals surface area contributed by atoms with Gasteiger partial charge in [-0.3, -0.25) is 25.3 Å². The fourth-order valence-corrected chi connectivity index (χ4v) is 1.39. The van der Waals surface area contributed by atoms with E-state index in [4.69, 9.17) is 33.5 Å². The summed E-state index contributed by atoms with van der Waals surface area (Å²) < 4.78 is 0. The average Bonchev–Trinajstić information content (AvgIpc) is 2.56. The highest BCUT2D eigenvalue weighted by Gasteiger charge is 2.10. The van der Waals surface area contributed by atoms with Gasteiger partial charge in [0.15, 0.2) is 11.9 Å².